The van der Waals surface area contributed by atoms with Gasteiger partial charge in [-0.3, -0.25) is 0 Å². The summed E-state index contributed by atoms with van der Waals surface area (Å²) in [6, 6.07) is 1.05. The van der Waals surface area contributed by atoms with Crippen molar-refractivity contribution in [2.24, 2.45) is 0 Å². The Kier molecular flexibility index (Phi) is 3.94. The van der Waals surface area contributed by atoms with Gasteiger partial charge in [0.1, 0.15) is 31.0 Å². The zero-order valence-corrected chi connectivity index (χ0v) is 11.0. The Bertz CT molecular complexity index is 730. The number of ether oxygens (including phenoxy) is 1. The summed E-state index contributed by atoms with van der Waals surface area (Å²) < 4.78 is 73.5. The van der Waals surface area contributed by atoms with E-state index >= 15 is 0 Å². The third-order valence-corrected chi connectivity index (χ3v) is 3.02. The van der Waals surface area contributed by atoms with Crippen LogP contribution in [0.4, 0.5) is 22.0 Å². The molecule has 0 heterocycles. The second kappa shape index (κ2) is 5.39. The molecule has 0 unspecified atom stereocenters. The number of benzene rings is 2. The molecule has 0 saturated carbocycles. The van der Waals surface area contributed by atoms with E-state index in [-0.39, 0.29) is 5.56 Å². The first-order valence-electron chi connectivity index (χ1n) is 5.75. The Labute approximate surface area is 118 Å². The highest BCUT2D eigenvalue weighted by Crippen LogP contribution is 2.37. The molecule has 0 atom stereocenters. The molecule has 0 amide bonds. The van der Waals surface area contributed by atoms with Crippen LogP contribution in [0.15, 0.2) is 12.1 Å². The molecular formula is C14H8BF5O. The maximum atomic E-state index is 14.0. The quantitative estimate of drug-likeness (QED) is 0.470. The minimum absolute atomic E-state index is 0.289. The molecule has 0 aliphatic heterocycles. The molecule has 1 nitrogen and oxygen atoms in total. The van der Waals surface area contributed by atoms with Crippen LogP contribution in [-0.2, 0) is 0 Å². The summed E-state index contributed by atoms with van der Waals surface area (Å²) in [5, 5.41) is 0. The highest BCUT2D eigenvalue weighted by atomic mass is 19.2. The van der Waals surface area contributed by atoms with E-state index in [2.05, 4.69) is 0 Å². The van der Waals surface area contributed by atoms with Gasteiger partial charge in [-0.05, 0) is 24.0 Å². The number of hydrogen-bond acceptors (Lipinski definition) is 1. The van der Waals surface area contributed by atoms with Crippen LogP contribution in [0.1, 0.15) is 5.56 Å². The van der Waals surface area contributed by atoms with Crippen molar-refractivity contribution in [3.8, 4) is 16.9 Å². The van der Waals surface area contributed by atoms with Gasteiger partial charge in [0, 0.05) is 6.07 Å². The Morgan fingerprint density at radius 1 is 0.857 bits per heavy atom. The van der Waals surface area contributed by atoms with Crippen molar-refractivity contribution in [1.82, 2.24) is 0 Å². The summed E-state index contributed by atoms with van der Waals surface area (Å²) in [7, 11) is 6.39. The lowest BCUT2D eigenvalue weighted by Crippen LogP contribution is -2.16. The molecule has 2 aromatic rings. The van der Waals surface area contributed by atoms with Gasteiger partial charge >= 0.3 is 0 Å². The van der Waals surface area contributed by atoms with Crippen molar-refractivity contribution in [3.05, 3.63) is 46.8 Å². The zero-order valence-electron chi connectivity index (χ0n) is 11.0. The van der Waals surface area contributed by atoms with Gasteiger partial charge < -0.3 is 4.74 Å². The van der Waals surface area contributed by atoms with Crippen LogP contribution < -0.4 is 10.2 Å². The lowest BCUT2D eigenvalue weighted by Gasteiger charge is -2.16. The lowest BCUT2D eigenvalue weighted by molar-refractivity contribution is 0.412. The molecule has 2 rings (SSSR count). The first-order chi connectivity index (χ1) is 9.79. The molecule has 21 heavy (non-hydrogen) atoms. The van der Waals surface area contributed by atoms with Crippen molar-refractivity contribution in [2.75, 3.05) is 7.11 Å². The molecule has 0 aliphatic carbocycles. The van der Waals surface area contributed by atoms with E-state index in [4.69, 9.17) is 12.6 Å². The molecule has 0 fully saturated rings. The molecule has 0 aromatic heterocycles. The fourth-order valence-electron chi connectivity index (χ4n) is 2.00. The molecule has 0 bridgehead atoms. The van der Waals surface area contributed by atoms with E-state index in [9.17, 15) is 22.0 Å². The lowest BCUT2D eigenvalue weighted by atomic mass is 9.88. The zero-order chi connectivity index (χ0) is 15.9. The second-order valence-corrected chi connectivity index (χ2v) is 4.34. The van der Waals surface area contributed by atoms with E-state index in [1.807, 2.05) is 0 Å². The van der Waals surface area contributed by atoms with Gasteiger partial charge in [-0.1, -0.05) is 0 Å². The van der Waals surface area contributed by atoms with Gasteiger partial charge in [-0.25, -0.2) is 22.0 Å². The van der Waals surface area contributed by atoms with Crippen molar-refractivity contribution < 1.29 is 26.7 Å². The Morgan fingerprint density at radius 3 is 2.00 bits per heavy atom. The monoisotopic (exact) mass is 298 g/mol. The molecule has 0 N–H and O–H groups in total. The van der Waals surface area contributed by atoms with Crippen LogP contribution in [-0.4, -0.2) is 15.0 Å². The van der Waals surface area contributed by atoms with Crippen LogP contribution >= 0.6 is 0 Å². The van der Waals surface area contributed by atoms with Crippen molar-refractivity contribution in [3.63, 3.8) is 0 Å². The van der Waals surface area contributed by atoms with Crippen LogP contribution in [0.5, 0.6) is 5.75 Å². The Hall–Kier alpha value is -2.05. The van der Waals surface area contributed by atoms with Crippen molar-refractivity contribution in [2.45, 2.75) is 6.92 Å². The second-order valence-electron chi connectivity index (χ2n) is 4.34. The van der Waals surface area contributed by atoms with Gasteiger partial charge in [0.2, 0.25) is 0 Å². The topological polar surface area (TPSA) is 9.23 Å². The number of halogens is 5. The normalized spacial score (nSPS) is 10.8. The van der Waals surface area contributed by atoms with E-state index in [1.54, 1.807) is 0 Å². The summed E-state index contributed by atoms with van der Waals surface area (Å²) in [4.78, 5) is 0. The van der Waals surface area contributed by atoms with Crippen LogP contribution in [0.3, 0.4) is 0 Å². The first-order valence-corrected chi connectivity index (χ1v) is 5.75. The largest absolute Gasteiger partial charge is 0.497 e. The Morgan fingerprint density at radius 2 is 1.43 bits per heavy atom. The number of aryl methyl sites for hydroxylation is 1. The number of methoxy groups -OCH3 is 1. The summed E-state index contributed by atoms with van der Waals surface area (Å²) in [6.45, 7) is 1.15. The predicted molar refractivity (Wildman–Crippen MR) is 68.3 cm³/mol. The maximum Gasteiger partial charge on any atom is 0.170 e. The minimum atomic E-state index is -1.60. The highest BCUT2D eigenvalue weighted by molar-refractivity contribution is 6.35. The summed E-state index contributed by atoms with van der Waals surface area (Å²) in [5.74, 6) is -7.23. The average molecular weight is 298 g/mol. The Balaban J connectivity index is 2.92. The fraction of sp³-hybridized carbons (Fsp3) is 0.143. The van der Waals surface area contributed by atoms with E-state index in [1.165, 1.54) is 0 Å². The van der Waals surface area contributed by atoms with Gasteiger partial charge in [0.25, 0.3) is 0 Å². The molecule has 2 radical (unpaired) electrons. The van der Waals surface area contributed by atoms with Gasteiger partial charge in [-0.15, -0.1) is 0 Å². The van der Waals surface area contributed by atoms with Gasteiger partial charge in [-0.2, -0.15) is 0 Å². The summed E-state index contributed by atoms with van der Waals surface area (Å²) in [6.07, 6.45) is 0. The highest BCUT2D eigenvalue weighted by Gasteiger charge is 2.26. The van der Waals surface area contributed by atoms with E-state index < -0.39 is 51.4 Å². The average Bonchev–Trinajstić information content (AvgIpc) is 2.42. The minimum Gasteiger partial charge on any atom is -0.497 e. The standard InChI is InChI=1S/C14H8BF5O/c1-5-3-6(16)9(13(20)12(5)19)10-7(17)4-8(18)11(15)14(10)21-2/h3-4H,1-2H3. The summed E-state index contributed by atoms with van der Waals surface area (Å²) in [5.41, 5.74) is -2.69. The van der Waals surface area contributed by atoms with Crippen molar-refractivity contribution in [1.29, 1.82) is 0 Å². The SMILES string of the molecule is [B]c1c(F)cc(F)c(-c2c(F)cc(C)c(F)c2F)c1OC. The van der Waals surface area contributed by atoms with Gasteiger partial charge in [0.05, 0.1) is 18.2 Å². The molecule has 7 heteroatoms. The van der Waals surface area contributed by atoms with Gasteiger partial charge in [0.15, 0.2) is 11.6 Å². The number of hydrogen-bond donors (Lipinski definition) is 0. The molecule has 108 valence electrons. The number of rotatable bonds is 2. The van der Waals surface area contributed by atoms with Crippen LogP contribution in [0, 0.1) is 36.0 Å². The fourth-order valence-corrected chi connectivity index (χ4v) is 2.00. The molecule has 0 saturated heterocycles. The predicted octanol–water partition coefficient (Wildman–Crippen LogP) is 3.16. The van der Waals surface area contributed by atoms with E-state index in [0.717, 1.165) is 14.0 Å². The molecule has 0 spiro atoms. The van der Waals surface area contributed by atoms with Crippen LogP contribution in [0.2, 0.25) is 0 Å². The summed E-state index contributed by atoms with van der Waals surface area (Å²) >= 11 is 0. The molecule has 2 aromatic carbocycles. The van der Waals surface area contributed by atoms with Crippen LogP contribution in [0.25, 0.3) is 11.1 Å². The smallest absolute Gasteiger partial charge is 0.170 e. The maximum absolute atomic E-state index is 14.0. The van der Waals surface area contributed by atoms with E-state index in [0.29, 0.717) is 12.1 Å². The third kappa shape index (κ3) is 2.37. The molecular weight excluding hydrogens is 290 g/mol. The van der Waals surface area contributed by atoms with Crippen molar-refractivity contribution >= 4 is 13.3 Å². The third-order valence-electron chi connectivity index (χ3n) is 3.02. The first kappa shape index (κ1) is 15.3. The molecule has 0 aliphatic rings.